The van der Waals surface area contributed by atoms with Gasteiger partial charge in [0.1, 0.15) is 6.10 Å². The minimum atomic E-state index is -0.875. The molecule has 0 aromatic rings. The van der Waals surface area contributed by atoms with E-state index >= 15 is 0 Å². The molecule has 0 radical (unpaired) electrons. The summed E-state index contributed by atoms with van der Waals surface area (Å²) in [6.45, 7) is 9.90. The molecule has 0 bridgehead atoms. The number of rotatable bonds is 0. The minimum Gasteiger partial charge on any atom is -0.454 e. The van der Waals surface area contributed by atoms with Crippen molar-refractivity contribution in [2.75, 3.05) is 0 Å². The molecule has 0 amide bonds. The van der Waals surface area contributed by atoms with Crippen LogP contribution in [0, 0.1) is 5.92 Å². The predicted octanol–water partition coefficient (Wildman–Crippen LogP) is 4.25. The molecule has 3 nitrogen and oxygen atoms in total. The smallest absolute Gasteiger partial charge is 0.334 e. The van der Waals surface area contributed by atoms with Gasteiger partial charge < -0.3 is 9.84 Å². The van der Waals surface area contributed by atoms with Crippen molar-refractivity contribution >= 4 is 5.97 Å². The highest BCUT2D eigenvalue weighted by molar-refractivity contribution is 5.91. The van der Waals surface area contributed by atoms with Crippen LogP contribution in [0.4, 0.5) is 0 Å². The fourth-order valence-electron chi connectivity index (χ4n) is 3.14. The topological polar surface area (TPSA) is 46.5 Å². The highest BCUT2D eigenvalue weighted by Crippen LogP contribution is 2.34. The zero-order valence-corrected chi connectivity index (χ0v) is 14.5. The molecule has 2 rings (SSSR count). The van der Waals surface area contributed by atoms with Gasteiger partial charge in [-0.1, -0.05) is 36.0 Å². The summed E-state index contributed by atoms with van der Waals surface area (Å²) in [5.41, 5.74) is 2.19. The van der Waals surface area contributed by atoms with Crippen LogP contribution in [0.5, 0.6) is 0 Å². The van der Waals surface area contributed by atoms with Crippen LogP contribution in [0.2, 0.25) is 0 Å². The van der Waals surface area contributed by atoms with E-state index < -0.39 is 5.60 Å². The largest absolute Gasteiger partial charge is 0.454 e. The van der Waals surface area contributed by atoms with Gasteiger partial charge in [0.2, 0.25) is 0 Å². The molecule has 1 fully saturated rings. The first-order valence-corrected chi connectivity index (χ1v) is 8.41. The van der Waals surface area contributed by atoms with Gasteiger partial charge in [-0.15, -0.1) is 0 Å². The van der Waals surface area contributed by atoms with Crippen LogP contribution in [-0.4, -0.2) is 22.8 Å². The number of aliphatic hydroxyl groups is 1. The SMILES string of the molecule is C=C1C(=O)O[C@@H]2/C=C(\C)CC/C=C(/C)C/C=C/[C@](C)(O)CC[C@@H]12. The lowest BCUT2D eigenvalue weighted by molar-refractivity contribution is -0.137. The van der Waals surface area contributed by atoms with E-state index in [9.17, 15) is 9.90 Å². The molecule has 2 aliphatic rings. The van der Waals surface area contributed by atoms with Crippen LogP contribution in [0.1, 0.15) is 52.9 Å². The summed E-state index contributed by atoms with van der Waals surface area (Å²) in [5, 5.41) is 10.5. The standard InChI is InChI=1S/C20H28O3/c1-14-7-5-8-15(2)13-18-17(16(3)19(21)23-18)10-12-20(4,22)11-6-9-14/h6-7,11,13,17-18,22H,3,5,8-10,12H2,1-2,4H3/b11-6+,14-7-,15-13+/t17-,18+,20-/m0/s1. The Morgan fingerprint density at radius 3 is 2.83 bits per heavy atom. The second-order valence-electron chi connectivity index (χ2n) is 7.11. The summed E-state index contributed by atoms with van der Waals surface area (Å²) in [6, 6.07) is 0. The normalized spacial score (nSPS) is 39.3. The van der Waals surface area contributed by atoms with Crippen LogP contribution in [0.25, 0.3) is 0 Å². The zero-order chi connectivity index (χ0) is 17.0. The first-order valence-electron chi connectivity index (χ1n) is 8.41. The average molecular weight is 316 g/mol. The molecular weight excluding hydrogens is 288 g/mol. The number of hydrogen-bond acceptors (Lipinski definition) is 3. The molecule has 23 heavy (non-hydrogen) atoms. The van der Waals surface area contributed by atoms with Gasteiger partial charge in [0.25, 0.3) is 0 Å². The first-order chi connectivity index (χ1) is 10.8. The molecule has 0 spiro atoms. The molecule has 1 N–H and O–H groups in total. The average Bonchev–Trinajstić information content (AvgIpc) is 2.70. The summed E-state index contributed by atoms with van der Waals surface area (Å²) in [5.74, 6) is -0.350. The number of carbonyl (C=O) groups is 1. The Morgan fingerprint density at radius 1 is 1.35 bits per heavy atom. The maximum absolute atomic E-state index is 11.9. The minimum absolute atomic E-state index is 0.0439. The van der Waals surface area contributed by atoms with Crippen LogP contribution in [-0.2, 0) is 9.53 Å². The zero-order valence-electron chi connectivity index (χ0n) is 14.5. The van der Waals surface area contributed by atoms with Gasteiger partial charge in [0, 0.05) is 11.5 Å². The molecular formula is C20H28O3. The molecule has 0 saturated carbocycles. The number of carbonyl (C=O) groups excluding carboxylic acids is 1. The van der Waals surface area contributed by atoms with E-state index in [1.54, 1.807) is 0 Å². The molecule has 0 aromatic carbocycles. The Hall–Kier alpha value is -1.61. The maximum Gasteiger partial charge on any atom is 0.334 e. The van der Waals surface area contributed by atoms with Crippen molar-refractivity contribution in [2.24, 2.45) is 5.92 Å². The quantitative estimate of drug-likeness (QED) is 0.413. The number of allylic oxidation sites excluding steroid dienone is 4. The molecule has 1 saturated heterocycles. The molecule has 1 aliphatic heterocycles. The van der Waals surface area contributed by atoms with E-state index in [0.29, 0.717) is 18.4 Å². The van der Waals surface area contributed by atoms with Crippen molar-refractivity contribution in [3.63, 3.8) is 0 Å². The van der Waals surface area contributed by atoms with Gasteiger partial charge in [0.15, 0.2) is 0 Å². The Morgan fingerprint density at radius 2 is 2.09 bits per heavy atom. The van der Waals surface area contributed by atoms with Gasteiger partial charge in [-0.2, -0.15) is 0 Å². The highest BCUT2D eigenvalue weighted by Gasteiger charge is 2.38. The van der Waals surface area contributed by atoms with Crippen LogP contribution < -0.4 is 0 Å². The molecule has 0 unspecified atom stereocenters. The van der Waals surface area contributed by atoms with Gasteiger partial charge >= 0.3 is 5.97 Å². The van der Waals surface area contributed by atoms with E-state index in [2.05, 4.69) is 32.6 Å². The van der Waals surface area contributed by atoms with Crippen LogP contribution in [0.15, 0.2) is 47.6 Å². The summed E-state index contributed by atoms with van der Waals surface area (Å²) in [7, 11) is 0. The monoisotopic (exact) mass is 316 g/mol. The second kappa shape index (κ2) is 7.31. The van der Waals surface area contributed by atoms with Crippen molar-refractivity contribution in [1.29, 1.82) is 0 Å². The van der Waals surface area contributed by atoms with E-state index in [0.717, 1.165) is 19.3 Å². The molecule has 3 atom stereocenters. The van der Waals surface area contributed by atoms with Gasteiger partial charge in [0.05, 0.1) is 5.60 Å². The molecule has 3 heteroatoms. The Bertz CT molecular complexity index is 563. The van der Waals surface area contributed by atoms with Crippen molar-refractivity contribution in [3.8, 4) is 0 Å². The van der Waals surface area contributed by atoms with Crippen molar-refractivity contribution in [1.82, 2.24) is 0 Å². The lowest BCUT2D eigenvalue weighted by atomic mass is 9.86. The number of esters is 1. The van der Waals surface area contributed by atoms with E-state index in [4.69, 9.17) is 4.74 Å². The fraction of sp³-hybridized carbons (Fsp3) is 0.550. The predicted molar refractivity (Wildman–Crippen MR) is 92.9 cm³/mol. The van der Waals surface area contributed by atoms with Gasteiger partial charge in [-0.25, -0.2) is 4.79 Å². The van der Waals surface area contributed by atoms with Crippen molar-refractivity contribution in [3.05, 3.63) is 47.6 Å². The fourth-order valence-corrected chi connectivity index (χ4v) is 3.14. The third-order valence-electron chi connectivity index (χ3n) is 4.71. The third kappa shape index (κ3) is 4.93. The number of ether oxygens (including phenoxy) is 1. The van der Waals surface area contributed by atoms with E-state index in [-0.39, 0.29) is 18.0 Å². The van der Waals surface area contributed by atoms with Gasteiger partial charge in [-0.05, 0) is 59.0 Å². The lowest BCUT2D eigenvalue weighted by Crippen LogP contribution is -2.24. The first kappa shape index (κ1) is 17.7. The van der Waals surface area contributed by atoms with Crippen molar-refractivity contribution in [2.45, 2.75) is 64.6 Å². The summed E-state index contributed by atoms with van der Waals surface area (Å²) >= 11 is 0. The van der Waals surface area contributed by atoms with Crippen LogP contribution in [0.3, 0.4) is 0 Å². The van der Waals surface area contributed by atoms with E-state index in [1.807, 2.05) is 19.1 Å². The summed E-state index contributed by atoms with van der Waals surface area (Å²) < 4.78 is 5.47. The number of hydrogen-bond donors (Lipinski definition) is 1. The van der Waals surface area contributed by atoms with E-state index in [1.165, 1.54) is 11.1 Å². The molecule has 1 aliphatic carbocycles. The highest BCUT2D eigenvalue weighted by atomic mass is 16.5. The third-order valence-corrected chi connectivity index (χ3v) is 4.71. The second-order valence-corrected chi connectivity index (χ2v) is 7.11. The van der Waals surface area contributed by atoms with Gasteiger partial charge in [-0.3, -0.25) is 0 Å². The lowest BCUT2D eigenvalue weighted by Gasteiger charge is -2.23. The molecule has 0 aromatic heterocycles. The maximum atomic E-state index is 11.9. The summed E-state index contributed by atoms with van der Waals surface area (Å²) in [4.78, 5) is 11.9. The Balaban J connectivity index is 2.25. The molecule has 1 heterocycles. The Kier molecular flexibility index (Phi) is 5.64. The molecule has 126 valence electrons. The van der Waals surface area contributed by atoms with Crippen LogP contribution >= 0.6 is 0 Å². The Labute approximate surface area is 139 Å². The number of fused-ring (bicyclic) bond motifs is 1. The van der Waals surface area contributed by atoms with Crippen molar-refractivity contribution < 1.29 is 14.6 Å². The summed E-state index contributed by atoms with van der Waals surface area (Å²) in [6.07, 6.45) is 12.0.